The van der Waals surface area contributed by atoms with Gasteiger partial charge < -0.3 is 10.2 Å². The summed E-state index contributed by atoms with van der Waals surface area (Å²) in [5, 5.41) is 3.19. The summed E-state index contributed by atoms with van der Waals surface area (Å²) in [6, 6.07) is 0.817. The smallest absolute Gasteiger partial charge is 0.186 e. The third-order valence-electron chi connectivity index (χ3n) is 3.51. The minimum atomic E-state index is -0.334. The van der Waals surface area contributed by atoms with E-state index in [0.29, 0.717) is 23.6 Å². The van der Waals surface area contributed by atoms with E-state index in [2.05, 4.69) is 34.2 Å². The number of aryl methyl sites for hydroxylation is 1. The van der Waals surface area contributed by atoms with Crippen molar-refractivity contribution in [1.29, 1.82) is 0 Å². The average Bonchev–Trinajstić information content (AvgIpc) is 2.30. The Bertz CT molecular complexity index is 396. The molecule has 0 spiro atoms. The van der Waals surface area contributed by atoms with Crippen LogP contribution in [-0.4, -0.2) is 40.5 Å². The number of aromatic nitrogens is 2. The number of halogens is 1. The summed E-state index contributed by atoms with van der Waals surface area (Å²) in [7, 11) is 2.12. The summed E-state index contributed by atoms with van der Waals surface area (Å²) in [6.07, 6.45) is 3.43. The fraction of sp³-hybridized carbons (Fsp3) is 0.667. The fourth-order valence-electron chi connectivity index (χ4n) is 2.17. The van der Waals surface area contributed by atoms with Gasteiger partial charge in [-0.3, -0.25) is 0 Å². The molecule has 0 aliphatic carbocycles. The predicted molar refractivity (Wildman–Crippen MR) is 65.5 cm³/mol. The topological polar surface area (TPSA) is 41.1 Å². The first-order valence-electron chi connectivity index (χ1n) is 6.02. The van der Waals surface area contributed by atoms with Gasteiger partial charge in [-0.2, -0.15) is 0 Å². The summed E-state index contributed by atoms with van der Waals surface area (Å²) in [6.45, 7) is 4.87. The number of nitrogens with zero attached hydrogens (tertiary/aromatic N) is 3. The Hall–Kier alpha value is -1.23. The van der Waals surface area contributed by atoms with E-state index in [4.69, 9.17) is 0 Å². The van der Waals surface area contributed by atoms with E-state index in [1.807, 2.05) is 0 Å². The second-order valence-electron chi connectivity index (χ2n) is 4.82. The molecule has 1 aliphatic rings. The van der Waals surface area contributed by atoms with Gasteiger partial charge in [-0.15, -0.1) is 0 Å². The number of nitrogens with one attached hydrogen (secondary N) is 1. The number of hydrogen-bond donors (Lipinski definition) is 1. The van der Waals surface area contributed by atoms with Crippen molar-refractivity contribution in [3.63, 3.8) is 0 Å². The number of likely N-dealkylation sites (tertiary alicyclic amines) is 1. The predicted octanol–water partition coefficient (Wildman–Crippen LogP) is 1.82. The van der Waals surface area contributed by atoms with Crippen LogP contribution in [0.4, 0.5) is 10.2 Å². The Kier molecular flexibility index (Phi) is 3.57. The largest absolute Gasteiger partial charge is 0.365 e. The van der Waals surface area contributed by atoms with E-state index in [-0.39, 0.29) is 5.82 Å². The lowest BCUT2D eigenvalue weighted by atomic mass is 9.99. The van der Waals surface area contributed by atoms with E-state index in [9.17, 15) is 4.39 Å². The highest BCUT2D eigenvalue weighted by molar-refractivity contribution is 5.38. The maximum absolute atomic E-state index is 13.7. The zero-order chi connectivity index (χ0) is 12.4. The van der Waals surface area contributed by atoms with Crippen molar-refractivity contribution in [3.05, 3.63) is 17.8 Å². The molecule has 0 bridgehead atoms. The zero-order valence-electron chi connectivity index (χ0n) is 10.6. The molecule has 5 heteroatoms. The van der Waals surface area contributed by atoms with E-state index in [0.717, 1.165) is 19.4 Å². The molecule has 1 aromatic rings. The molecule has 0 saturated carbocycles. The van der Waals surface area contributed by atoms with Crippen LogP contribution in [0.1, 0.15) is 25.5 Å². The molecule has 1 saturated heterocycles. The van der Waals surface area contributed by atoms with Crippen LogP contribution in [0.3, 0.4) is 0 Å². The van der Waals surface area contributed by atoms with Gasteiger partial charge in [0.15, 0.2) is 11.6 Å². The highest BCUT2D eigenvalue weighted by Gasteiger charge is 2.23. The van der Waals surface area contributed by atoms with Gasteiger partial charge in [0, 0.05) is 18.6 Å². The lowest BCUT2D eigenvalue weighted by molar-refractivity contribution is 0.189. The minimum absolute atomic E-state index is 0.296. The van der Waals surface area contributed by atoms with Crippen LogP contribution in [0, 0.1) is 12.7 Å². The summed E-state index contributed by atoms with van der Waals surface area (Å²) in [4.78, 5) is 10.1. The van der Waals surface area contributed by atoms with Gasteiger partial charge in [0.1, 0.15) is 6.33 Å². The minimum Gasteiger partial charge on any atom is -0.365 e. The summed E-state index contributed by atoms with van der Waals surface area (Å²) in [5.74, 6) is -0.00154. The van der Waals surface area contributed by atoms with E-state index in [1.165, 1.54) is 6.33 Å². The first-order valence-corrected chi connectivity index (χ1v) is 6.02. The lowest BCUT2D eigenvalue weighted by Gasteiger charge is -2.35. The molecule has 4 nitrogen and oxygen atoms in total. The van der Waals surface area contributed by atoms with Gasteiger partial charge in [-0.1, -0.05) is 0 Å². The first kappa shape index (κ1) is 12.2. The average molecular weight is 238 g/mol. The van der Waals surface area contributed by atoms with Crippen molar-refractivity contribution in [3.8, 4) is 0 Å². The van der Waals surface area contributed by atoms with E-state index in [1.54, 1.807) is 6.92 Å². The molecule has 0 radical (unpaired) electrons. The summed E-state index contributed by atoms with van der Waals surface area (Å²) < 4.78 is 13.7. The maximum atomic E-state index is 13.7. The number of hydrogen-bond acceptors (Lipinski definition) is 4. The summed E-state index contributed by atoms with van der Waals surface area (Å²) >= 11 is 0. The van der Waals surface area contributed by atoms with Crippen LogP contribution in [0.15, 0.2) is 6.33 Å². The summed E-state index contributed by atoms with van der Waals surface area (Å²) in [5.41, 5.74) is 0.392. The van der Waals surface area contributed by atoms with E-state index >= 15 is 0 Å². The van der Waals surface area contributed by atoms with Gasteiger partial charge in [-0.05, 0) is 33.7 Å². The Morgan fingerprint density at radius 2 is 2.24 bits per heavy atom. The van der Waals surface area contributed by atoms with Crippen molar-refractivity contribution < 1.29 is 4.39 Å². The molecule has 1 aliphatic heterocycles. The normalized spacial score (nSPS) is 25.9. The van der Waals surface area contributed by atoms with Crippen molar-refractivity contribution in [2.45, 2.75) is 38.8 Å². The van der Waals surface area contributed by atoms with Gasteiger partial charge in [0.2, 0.25) is 0 Å². The Morgan fingerprint density at radius 1 is 1.47 bits per heavy atom. The molecule has 2 rings (SSSR count). The first-order chi connectivity index (χ1) is 8.08. The van der Waals surface area contributed by atoms with Crippen molar-refractivity contribution in [2.75, 3.05) is 18.9 Å². The molecule has 2 heterocycles. The van der Waals surface area contributed by atoms with Crippen LogP contribution in [0.2, 0.25) is 0 Å². The molecule has 94 valence electrons. The standard InChI is InChI=1S/C12H19FN4/c1-8-6-10(4-5-17(8)3)16-12-11(13)9(2)14-7-15-12/h7-8,10H,4-6H2,1-3H3,(H,14,15,16). The van der Waals surface area contributed by atoms with Crippen molar-refractivity contribution in [1.82, 2.24) is 14.9 Å². The molecule has 0 amide bonds. The van der Waals surface area contributed by atoms with Crippen molar-refractivity contribution in [2.24, 2.45) is 0 Å². The third-order valence-corrected chi connectivity index (χ3v) is 3.51. The third kappa shape index (κ3) is 2.72. The molecule has 2 atom stereocenters. The maximum Gasteiger partial charge on any atom is 0.186 e. The number of anilines is 1. The quantitative estimate of drug-likeness (QED) is 0.853. The lowest BCUT2D eigenvalue weighted by Crippen LogP contribution is -2.42. The number of rotatable bonds is 2. The molecule has 1 aromatic heterocycles. The second kappa shape index (κ2) is 4.96. The SMILES string of the molecule is Cc1ncnc(NC2CCN(C)C(C)C2)c1F. The van der Waals surface area contributed by atoms with Crippen LogP contribution in [0.5, 0.6) is 0 Å². The van der Waals surface area contributed by atoms with Crippen LogP contribution in [-0.2, 0) is 0 Å². The molecular weight excluding hydrogens is 219 g/mol. The molecule has 2 unspecified atom stereocenters. The molecule has 17 heavy (non-hydrogen) atoms. The van der Waals surface area contributed by atoms with Gasteiger partial charge >= 0.3 is 0 Å². The Balaban J connectivity index is 2.04. The zero-order valence-corrected chi connectivity index (χ0v) is 10.6. The molecule has 0 aromatic carbocycles. The van der Waals surface area contributed by atoms with Gasteiger partial charge in [-0.25, -0.2) is 14.4 Å². The fourth-order valence-corrected chi connectivity index (χ4v) is 2.17. The monoisotopic (exact) mass is 238 g/mol. The van der Waals surface area contributed by atoms with Gasteiger partial charge in [0.25, 0.3) is 0 Å². The Morgan fingerprint density at radius 3 is 2.94 bits per heavy atom. The highest BCUT2D eigenvalue weighted by atomic mass is 19.1. The molecule has 1 N–H and O–H groups in total. The molecular formula is C12H19FN4. The number of piperidine rings is 1. The van der Waals surface area contributed by atoms with Crippen LogP contribution in [0.25, 0.3) is 0 Å². The van der Waals surface area contributed by atoms with Crippen LogP contribution >= 0.6 is 0 Å². The second-order valence-corrected chi connectivity index (χ2v) is 4.82. The van der Waals surface area contributed by atoms with Crippen molar-refractivity contribution >= 4 is 5.82 Å². The Labute approximate surface area is 101 Å². The molecule has 1 fully saturated rings. The van der Waals surface area contributed by atoms with Gasteiger partial charge in [0.05, 0.1) is 5.69 Å². The van der Waals surface area contributed by atoms with E-state index < -0.39 is 0 Å². The van der Waals surface area contributed by atoms with Crippen LogP contribution < -0.4 is 5.32 Å². The highest BCUT2D eigenvalue weighted by Crippen LogP contribution is 2.20.